The quantitative estimate of drug-likeness (QED) is 0.501. The second kappa shape index (κ2) is 8.10. The van der Waals surface area contributed by atoms with Crippen LogP contribution in [-0.4, -0.2) is 31.4 Å². The highest BCUT2D eigenvalue weighted by molar-refractivity contribution is 7.99. The van der Waals surface area contributed by atoms with Crippen LogP contribution in [0.4, 0.5) is 5.69 Å². The third-order valence-electron chi connectivity index (χ3n) is 4.04. The van der Waals surface area contributed by atoms with E-state index in [0.717, 1.165) is 17.0 Å². The van der Waals surface area contributed by atoms with E-state index in [1.54, 1.807) is 30.8 Å². The number of hydrogen-bond donors (Lipinski definition) is 1. The van der Waals surface area contributed by atoms with Crippen LogP contribution < -0.4 is 5.32 Å². The van der Waals surface area contributed by atoms with E-state index in [2.05, 4.69) is 20.5 Å². The van der Waals surface area contributed by atoms with Crippen LogP contribution in [0.15, 0.2) is 76.8 Å². The number of carbonyl (C=O) groups excluding carboxylic acids is 1. The summed E-state index contributed by atoms with van der Waals surface area (Å²) in [7, 11) is 0. The minimum Gasteiger partial charge on any atom is -0.469 e. The maximum atomic E-state index is 12.3. The first kappa shape index (κ1) is 18.0. The van der Waals surface area contributed by atoms with E-state index in [-0.39, 0.29) is 11.7 Å². The number of hydrogen-bond acceptors (Lipinski definition) is 6. The van der Waals surface area contributed by atoms with Crippen LogP contribution in [0.2, 0.25) is 0 Å². The minimum atomic E-state index is -0.125. The highest BCUT2D eigenvalue weighted by Gasteiger charge is 2.19. The molecular weight excluding hydrogens is 374 g/mol. The summed E-state index contributed by atoms with van der Waals surface area (Å²) in [6.45, 7) is 1.88. The number of rotatable bonds is 6. The molecule has 1 aromatic carbocycles. The van der Waals surface area contributed by atoms with Gasteiger partial charge in [0.1, 0.15) is 5.76 Å². The number of benzene rings is 1. The lowest BCUT2D eigenvalue weighted by molar-refractivity contribution is -0.113. The Morgan fingerprint density at radius 3 is 2.61 bits per heavy atom. The number of pyridine rings is 1. The highest BCUT2D eigenvalue weighted by atomic mass is 32.2. The predicted molar refractivity (Wildman–Crippen MR) is 107 cm³/mol. The zero-order chi connectivity index (χ0) is 19.3. The summed E-state index contributed by atoms with van der Waals surface area (Å²) in [5, 5.41) is 12.1. The van der Waals surface area contributed by atoms with E-state index in [9.17, 15) is 4.79 Å². The molecule has 140 valence electrons. The van der Waals surface area contributed by atoms with Gasteiger partial charge < -0.3 is 9.73 Å². The predicted octanol–water partition coefficient (Wildman–Crippen LogP) is 3.96. The Hall–Kier alpha value is -3.39. The van der Waals surface area contributed by atoms with Crippen molar-refractivity contribution in [2.45, 2.75) is 12.1 Å². The van der Waals surface area contributed by atoms with Gasteiger partial charge in [0.05, 0.1) is 17.6 Å². The van der Waals surface area contributed by atoms with E-state index in [1.165, 1.54) is 11.8 Å². The summed E-state index contributed by atoms with van der Waals surface area (Å²) in [4.78, 5) is 16.2. The Morgan fingerprint density at radius 2 is 1.89 bits per heavy atom. The number of para-hydroxylation sites is 1. The highest BCUT2D eigenvalue weighted by Crippen LogP contribution is 2.30. The lowest BCUT2D eigenvalue weighted by Gasteiger charge is -2.10. The van der Waals surface area contributed by atoms with Crippen LogP contribution in [0.25, 0.3) is 17.1 Å². The molecule has 7 nitrogen and oxygen atoms in total. The van der Waals surface area contributed by atoms with Crippen LogP contribution in [0.5, 0.6) is 0 Å². The van der Waals surface area contributed by atoms with E-state index in [1.807, 2.05) is 47.9 Å². The van der Waals surface area contributed by atoms with Crippen LogP contribution >= 0.6 is 11.8 Å². The minimum absolute atomic E-state index is 0.125. The van der Waals surface area contributed by atoms with Crippen molar-refractivity contribution in [1.29, 1.82) is 0 Å². The van der Waals surface area contributed by atoms with E-state index >= 15 is 0 Å². The molecule has 4 rings (SSSR count). The van der Waals surface area contributed by atoms with E-state index in [0.29, 0.717) is 16.7 Å². The second-order valence-corrected chi connectivity index (χ2v) is 6.88. The summed E-state index contributed by atoms with van der Waals surface area (Å²) in [6.07, 6.45) is 4.90. The molecule has 8 heteroatoms. The van der Waals surface area contributed by atoms with Gasteiger partial charge in [-0.3, -0.25) is 14.3 Å². The smallest absolute Gasteiger partial charge is 0.234 e. The molecule has 0 fully saturated rings. The first-order valence-electron chi connectivity index (χ1n) is 8.60. The van der Waals surface area contributed by atoms with Gasteiger partial charge in [-0.15, -0.1) is 10.2 Å². The lowest BCUT2D eigenvalue weighted by atomic mass is 10.2. The molecule has 0 saturated carbocycles. The van der Waals surface area contributed by atoms with E-state index in [4.69, 9.17) is 4.42 Å². The topological polar surface area (TPSA) is 85.8 Å². The van der Waals surface area contributed by atoms with Crippen molar-refractivity contribution in [3.63, 3.8) is 0 Å². The zero-order valence-corrected chi connectivity index (χ0v) is 15.9. The van der Waals surface area contributed by atoms with Gasteiger partial charge >= 0.3 is 0 Å². The van der Waals surface area contributed by atoms with Crippen molar-refractivity contribution in [3.05, 3.63) is 72.9 Å². The van der Waals surface area contributed by atoms with Gasteiger partial charge in [-0.1, -0.05) is 30.0 Å². The van der Waals surface area contributed by atoms with Gasteiger partial charge in [-0.2, -0.15) is 0 Å². The summed E-state index contributed by atoms with van der Waals surface area (Å²) in [6, 6.07) is 15.2. The molecule has 4 aromatic rings. The number of furan rings is 1. The molecular formula is C20H17N5O2S. The standard InChI is InChI=1S/C20H17N5O2S/c1-14-17(9-12-27-14)19-23-24-20(25(19)16-5-3-2-4-6-16)28-13-18(26)22-15-7-10-21-11-8-15/h2-12H,13H2,1H3,(H,21,22,26). The van der Waals surface area contributed by atoms with Crippen LogP contribution in [0, 0.1) is 6.92 Å². The molecule has 1 amide bonds. The summed E-state index contributed by atoms with van der Waals surface area (Å²) in [5.74, 6) is 1.52. The normalized spacial score (nSPS) is 10.8. The Morgan fingerprint density at radius 1 is 1.11 bits per heavy atom. The Labute approximate surface area is 165 Å². The maximum Gasteiger partial charge on any atom is 0.234 e. The lowest BCUT2D eigenvalue weighted by Crippen LogP contribution is -2.14. The summed E-state index contributed by atoms with van der Waals surface area (Å²) >= 11 is 1.32. The first-order valence-corrected chi connectivity index (χ1v) is 9.59. The molecule has 3 aromatic heterocycles. The Bertz CT molecular complexity index is 1080. The fraction of sp³-hybridized carbons (Fsp3) is 0.100. The molecule has 3 heterocycles. The van der Waals surface area contributed by atoms with Crippen LogP contribution in [0.3, 0.4) is 0 Å². The maximum absolute atomic E-state index is 12.3. The molecule has 1 N–H and O–H groups in total. The van der Waals surface area contributed by atoms with Crippen molar-refractivity contribution in [3.8, 4) is 17.1 Å². The molecule has 0 aliphatic carbocycles. The summed E-state index contributed by atoms with van der Waals surface area (Å²) in [5.41, 5.74) is 2.49. The number of anilines is 1. The van der Waals surface area contributed by atoms with Crippen LogP contribution in [0.1, 0.15) is 5.76 Å². The average Bonchev–Trinajstić information content (AvgIpc) is 3.33. The van der Waals surface area contributed by atoms with Gasteiger partial charge in [0.15, 0.2) is 11.0 Å². The first-order chi connectivity index (χ1) is 13.7. The van der Waals surface area contributed by atoms with Crippen molar-refractivity contribution in [2.75, 3.05) is 11.1 Å². The number of thioether (sulfide) groups is 1. The zero-order valence-electron chi connectivity index (χ0n) is 15.1. The second-order valence-electron chi connectivity index (χ2n) is 5.94. The number of amides is 1. The van der Waals surface area contributed by atoms with Gasteiger partial charge in [0.25, 0.3) is 0 Å². The number of carbonyl (C=O) groups is 1. The fourth-order valence-electron chi connectivity index (χ4n) is 2.73. The molecule has 0 spiro atoms. The number of aryl methyl sites for hydroxylation is 1. The largest absolute Gasteiger partial charge is 0.469 e. The summed E-state index contributed by atoms with van der Waals surface area (Å²) < 4.78 is 7.36. The number of aromatic nitrogens is 4. The van der Waals surface area contributed by atoms with Crippen molar-refractivity contribution in [2.24, 2.45) is 0 Å². The average molecular weight is 391 g/mol. The van der Waals surface area contributed by atoms with Crippen molar-refractivity contribution in [1.82, 2.24) is 19.7 Å². The molecule has 0 aliphatic rings. The monoisotopic (exact) mass is 391 g/mol. The SMILES string of the molecule is Cc1occc1-c1nnc(SCC(=O)Nc2ccncc2)n1-c1ccccc1. The van der Waals surface area contributed by atoms with Gasteiger partial charge in [-0.05, 0) is 37.3 Å². The molecule has 0 aliphatic heterocycles. The molecule has 28 heavy (non-hydrogen) atoms. The Kier molecular flexibility index (Phi) is 5.20. The molecule has 0 saturated heterocycles. The Balaban J connectivity index is 1.60. The van der Waals surface area contributed by atoms with Gasteiger partial charge in [0, 0.05) is 23.8 Å². The van der Waals surface area contributed by atoms with E-state index < -0.39 is 0 Å². The molecule has 0 atom stereocenters. The van der Waals surface area contributed by atoms with Gasteiger partial charge in [0.2, 0.25) is 5.91 Å². The van der Waals surface area contributed by atoms with Crippen molar-refractivity contribution >= 4 is 23.4 Å². The molecule has 0 unspecified atom stereocenters. The third-order valence-corrected chi connectivity index (χ3v) is 4.97. The van der Waals surface area contributed by atoms with Gasteiger partial charge in [-0.25, -0.2) is 0 Å². The number of nitrogens with zero attached hydrogens (tertiary/aromatic N) is 4. The molecule has 0 bridgehead atoms. The third kappa shape index (κ3) is 3.81. The molecule has 0 radical (unpaired) electrons. The van der Waals surface area contributed by atoms with Crippen LogP contribution in [-0.2, 0) is 4.79 Å². The fourth-order valence-corrected chi connectivity index (χ4v) is 3.48. The number of nitrogens with one attached hydrogen (secondary N) is 1. The van der Waals surface area contributed by atoms with Crippen molar-refractivity contribution < 1.29 is 9.21 Å².